The number of benzene rings is 3. The van der Waals surface area contributed by atoms with Crippen LogP contribution in [0.5, 0.6) is 0 Å². The Balaban J connectivity index is 2.09. The molecule has 0 radical (unpaired) electrons. The predicted octanol–water partition coefficient (Wildman–Crippen LogP) is 6.57. The zero-order chi connectivity index (χ0) is 16.1. The predicted molar refractivity (Wildman–Crippen MR) is 103 cm³/mol. The third-order valence-corrected chi connectivity index (χ3v) is 4.88. The Morgan fingerprint density at radius 3 is 2.38 bits per heavy atom. The third kappa shape index (κ3) is 1.88. The number of aromatic nitrogens is 1. The van der Waals surface area contributed by atoms with Crippen molar-refractivity contribution in [1.82, 2.24) is 4.40 Å². The van der Waals surface area contributed by atoms with E-state index in [1.54, 1.807) is 0 Å². The summed E-state index contributed by atoms with van der Waals surface area (Å²) in [6, 6.07) is 27.4. The van der Waals surface area contributed by atoms with Crippen molar-refractivity contribution < 1.29 is 0 Å². The van der Waals surface area contributed by atoms with Gasteiger partial charge in [-0.3, -0.25) is 0 Å². The molecule has 0 saturated heterocycles. The van der Waals surface area contributed by atoms with Crippen molar-refractivity contribution in [2.24, 2.45) is 0 Å². The number of halogens is 1. The van der Waals surface area contributed by atoms with Gasteiger partial charge in [-0.05, 0) is 35.2 Å². The van der Waals surface area contributed by atoms with Crippen LogP contribution in [0.25, 0.3) is 38.3 Å². The lowest BCUT2D eigenvalue weighted by molar-refractivity contribution is 1.27. The van der Waals surface area contributed by atoms with Crippen molar-refractivity contribution in [2.75, 3.05) is 0 Å². The van der Waals surface area contributed by atoms with E-state index in [9.17, 15) is 0 Å². The Morgan fingerprint density at radius 1 is 0.708 bits per heavy atom. The van der Waals surface area contributed by atoms with Crippen LogP contribution in [-0.2, 0) is 0 Å². The van der Waals surface area contributed by atoms with Crippen molar-refractivity contribution in [3.8, 4) is 11.1 Å². The minimum absolute atomic E-state index is 0.764. The van der Waals surface area contributed by atoms with Crippen LogP contribution < -0.4 is 0 Å². The van der Waals surface area contributed by atoms with Crippen molar-refractivity contribution in [3.05, 3.63) is 90.1 Å². The molecule has 0 N–H and O–H groups in total. The molecule has 0 aliphatic heterocycles. The van der Waals surface area contributed by atoms with E-state index in [-0.39, 0.29) is 0 Å². The van der Waals surface area contributed by atoms with E-state index >= 15 is 0 Å². The van der Waals surface area contributed by atoms with Gasteiger partial charge in [-0.1, -0.05) is 66.2 Å². The number of fused-ring (bicyclic) bond motifs is 5. The first kappa shape index (κ1) is 13.6. The van der Waals surface area contributed by atoms with Crippen molar-refractivity contribution in [1.29, 1.82) is 0 Å². The molecular weight excluding hydrogens is 314 g/mol. The second kappa shape index (κ2) is 5.12. The molecule has 0 saturated carbocycles. The van der Waals surface area contributed by atoms with Gasteiger partial charge in [-0.25, -0.2) is 0 Å². The monoisotopic (exact) mass is 327 g/mol. The van der Waals surface area contributed by atoms with Gasteiger partial charge in [-0.15, -0.1) is 0 Å². The molecule has 114 valence electrons. The lowest BCUT2D eigenvalue weighted by atomic mass is 10.0. The molecule has 0 atom stereocenters. The average Bonchev–Trinajstić information content (AvgIpc) is 2.97. The molecule has 24 heavy (non-hydrogen) atoms. The molecule has 0 bridgehead atoms. The molecule has 0 aliphatic carbocycles. The van der Waals surface area contributed by atoms with Gasteiger partial charge in [-0.2, -0.15) is 0 Å². The Kier molecular flexibility index (Phi) is 2.91. The smallest absolute Gasteiger partial charge is 0.0619 e. The van der Waals surface area contributed by atoms with Crippen LogP contribution in [0.4, 0.5) is 0 Å². The van der Waals surface area contributed by atoms with Gasteiger partial charge >= 0.3 is 0 Å². The van der Waals surface area contributed by atoms with Crippen LogP contribution >= 0.6 is 11.6 Å². The van der Waals surface area contributed by atoms with Crippen LogP contribution in [0, 0.1) is 0 Å². The molecule has 5 aromatic rings. The van der Waals surface area contributed by atoms with E-state index in [0.29, 0.717) is 0 Å². The number of nitrogens with zero attached hydrogens (tertiary/aromatic N) is 1. The Bertz CT molecular complexity index is 1200. The van der Waals surface area contributed by atoms with Gasteiger partial charge in [0.15, 0.2) is 0 Å². The lowest BCUT2D eigenvalue weighted by Crippen LogP contribution is -1.86. The first-order valence-electron chi connectivity index (χ1n) is 7.99. The van der Waals surface area contributed by atoms with Gasteiger partial charge in [0.25, 0.3) is 0 Å². The van der Waals surface area contributed by atoms with Gasteiger partial charge < -0.3 is 4.40 Å². The maximum absolute atomic E-state index is 6.31. The van der Waals surface area contributed by atoms with Gasteiger partial charge in [0, 0.05) is 27.6 Å². The van der Waals surface area contributed by atoms with Crippen LogP contribution in [0.1, 0.15) is 0 Å². The van der Waals surface area contributed by atoms with E-state index in [2.05, 4.69) is 83.4 Å². The Hall–Kier alpha value is -2.77. The molecule has 2 aromatic heterocycles. The molecule has 0 unspecified atom stereocenters. The van der Waals surface area contributed by atoms with E-state index in [1.165, 1.54) is 38.3 Å². The molecule has 0 spiro atoms. The largest absolute Gasteiger partial charge is 0.315 e. The molecule has 3 aromatic carbocycles. The van der Waals surface area contributed by atoms with Gasteiger partial charge in [0.2, 0.25) is 0 Å². The summed E-state index contributed by atoms with van der Waals surface area (Å²) < 4.78 is 2.27. The zero-order valence-corrected chi connectivity index (χ0v) is 13.7. The normalized spacial score (nSPS) is 11.5. The number of hydrogen-bond acceptors (Lipinski definition) is 0. The molecule has 2 heterocycles. The molecule has 2 heteroatoms. The number of para-hydroxylation sites is 1. The second-order valence-electron chi connectivity index (χ2n) is 6.02. The SMILES string of the molecule is Clc1ccc2ccn3c4ccccc4c(-c4ccccc4)c3c2c1. The lowest BCUT2D eigenvalue weighted by Gasteiger charge is -2.06. The molecule has 0 aliphatic rings. The van der Waals surface area contributed by atoms with E-state index < -0.39 is 0 Å². The standard InChI is InChI=1S/C22H14ClN/c23-17-11-10-15-12-13-24-20-9-5-4-8-18(20)21(22(24)19(15)14-17)16-6-2-1-3-7-16/h1-14H. The molecule has 5 rings (SSSR count). The summed E-state index contributed by atoms with van der Waals surface area (Å²) in [7, 11) is 0. The number of hydrogen-bond donors (Lipinski definition) is 0. The van der Waals surface area contributed by atoms with Crippen molar-refractivity contribution in [2.45, 2.75) is 0 Å². The van der Waals surface area contributed by atoms with E-state index in [1.807, 2.05) is 6.07 Å². The molecular formula is C22H14ClN. The van der Waals surface area contributed by atoms with Crippen molar-refractivity contribution >= 4 is 38.8 Å². The zero-order valence-electron chi connectivity index (χ0n) is 12.9. The fourth-order valence-corrected chi connectivity index (χ4v) is 3.79. The van der Waals surface area contributed by atoms with E-state index in [4.69, 9.17) is 11.6 Å². The average molecular weight is 328 g/mol. The summed E-state index contributed by atoms with van der Waals surface area (Å²) in [4.78, 5) is 0. The quantitative estimate of drug-likeness (QED) is 0.328. The summed E-state index contributed by atoms with van der Waals surface area (Å²) in [5, 5.41) is 4.41. The third-order valence-electron chi connectivity index (χ3n) is 4.65. The van der Waals surface area contributed by atoms with Crippen LogP contribution in [0.15, 0.2) is 85.1 Å². The van der Waals surface area contributed by atoms with Gasteiger partial charge in [0.05, 0.1) is 11.0 Å². The minimum Gasteiger partial charge on any atom is -0.315 e. The first-order chi connectivity index (χ1) is 11.8. The molecule has 0 amide bonds. The van der Waals surface area contributed by atoms with Crippen LogP contribution in [-0.4, -0.2) is 4.40 Å². The summed E-state index contributed by atoms with van der Waals surface area (Å²) in [5.41, 5.74) is 4.92. The van der Waals surface area contributed by atoms with Gasteiger partial charge in [0.1, 0.15) is 0 Å². The van der Waals surface area contributed by atoms with Crippen LogP contribution in [0.2, 0.25) is 5.02 Å². The maximum atomic E-state index is 6.31. The Morgan fingerprint density at radius 2 is 1.50 bits per heavy atom. The highest BCUT2D eigenvalue weighted by atomic mass is 35.5. The molecule has 1 nitrogen and oxygen atoms in total. The Labute approximate surface area is 144 Å². The van der Waals surface area contributed by atoms with E-state index in [0.717, 1.165) is 5.02 Å². The number of rotatable bonds is 1. The minimum atomic E-state index is 0.764. The second-order valence-corrected chi connectivity index (χ2v) is 6.46. The summed E-state index contributed by atoms with van der Waals surface area (Å²) in [6.07, 6.45) is 2.15. The van der Waals surface area contributed by atoms with Crippen LogP contribution in [0.3, 0.4) is 0 Å². The highest BCUT2D eigenvalue weighted by molar-refractivity contribution is 6.32. The number of pyridine rings is 1. The fraction of sp³-hybridized carbons (Fsp3) is 0. The molecule has 0 fully saturated rings. The maximum Gasteiger partial charge on any atom is 0.0619 e. The summed E-state index contributed by atoms with van der Waals surface area (Å²) in [5.74, 6) is 0. The van der Waals surface area contributed by atoms with Crippen molar-refractivity contribution in [3.63, 3.8) is 0 Å². The highest BCUT2D eigenvalue weighted by Gasteiger charge is 2.15. The summed E-state index contributed by atoms with van der Waals surface area (Å²) >= 11 is 6.31. The fourth-order valence-electron chi connectivity index (χ4n) is 3.61. The topological polar surface area (TPSA) is 4.41 Å². The summed E-state index contributed by atoms with van der Waals surface area (Å²) in [6.45, 7) is 0. The highest BCUT2D eigenvalue weighted by Crippen LogP contribution is 2.39. The first-order valence-corrected chi connectivity index (χ1v) is 8.37.